The first-order valence-corrected chi connectivity index (χ1v) is 8.80. The molecule has 1 saturated heterocycles. The minimum atomic E-state index is 0.0665. The van der Waals surface area contributed by atoms with E-state index in [-0.39, 0.29) is 11.9 Å². The van der Waals surface area contributed by atoms with Crippen molar-refractivity contribution in [3.05, 3.63) is 15.6 Å². The van der Waals surface area contributed by atoms with Crippen LogP contribution in [0.25, 0.3) is 0 Å². The number of rotatable bonds is 5. The molecule has 2 rings (SSSR count). The number of aryl methyl sites for hydroxylation is 3. The van der Waals surface area contributed by atoms with Crippen LogP contribution in [0.15, 0.2) is 0 Å². The van der Waals surface area contributed by atoms with Crippen molar-refractivity contribution in [2.24, 2.45) is 0 Å². The lowest BCUT2D eigenvalue weighted by Gasteiger charge is -2.24. The molecule has 1 atom stereocenters. The molecule has 0 spiro atoms. The van der Waals surface area contributed by atoms with Gasteiger partial charge in [-0.05, 0) is 46.7 Å². The molecule has 0 unspecified atom stereocenters. The molecule has 1 amide bonds. The molecule has 118 valence electrons. The highest BCUT2D eigenvalue weighted by Crippen LogP contribution is 2.18. The van der Waals surface area contributed by atoms with Gasteiger partial charge in [0.1, 0.15) is 0 Å². The zero-order chi connectivity index (χ0) is 15.2. The quantitative estimate of drug-likeness (QED) is 0.851. The predicted octanol–water partition coefficient (Wildman–Crippen LogP) is 2.68. The van der Waals surface area contributed by atoms with Crippen molar-refractivity contribution in [3.63, 3.8) is 0 Å². The van der Waals surface area contributed by atoms with E-state index < -0.39 is 0 Å². The maximum atomic E-state index is 12.3. The molecule has 5 heteroatoms. The second-order valence-electron chi connectivity index (χ2n) is 5.99. The molecule has 0 radical (unpaired) electrons. The van der Waals surface area contributed by atoms with Gasteiger partial charge in [0.15, 0.2) is 0 Å². The summed E-state index contributed by atoms with van der Waals surface area (Å²) in [5.41, 5.74) is 1.14. The summed E-state index contributed by atoms with van der Waals surface area (Å²) in [7, 11) is 2.07. The molecule has 0 saturated carbocycles. The standard InChI is InChI=1S/C16H27N3OS/c1-12-13(2)21-15(18-12)9-7-10-17-16(20)14-8-5-4-6-11-19(14)3/h14H,4-11H2,1-3H3,(H,17,20)/t14-/m0/s1. The third kappa shape index (κ3) is 4.78. The summed E-state index contributed by atoms with van der Waals surface area (Å²) in [4.78, 5) is 20.3. The molecule has 0 aliphatic carbocycles. The van der Waals surface area contributed by atoms with Crippen LogP contribution in [0.1, 0.15) is 47.7 Å². The molecule has 1 aromatic rings. The number of thiazole rings is 1. The Morgan fingerprint density at radius 1 is 1.38 bits per heavy atom. The van der Waals surface area contributed by atoms with Gasteiger partial charge in [0.2, 0.25) is 5.91 Å². The Labute approximate surface area is 132 Å². The fourth-order valence-electron chi connectivity index (χ4n) is 2.80. The summed E-state index contributed by atoms with van der Waals surface area (Å²) in [5.74, 6) is 0.200. The minimum Gasteiger partial charge on any atom is -0.355 e. The number of aromatic nitrogens is 1. The van der Waals surface area contributed by atoms with Crippen LogP contribution in [0.2, 0.25) is 0 Å². The van der Waals surface area contributed by atoms with E-state index in [1.54, 1.807) is 11.3 Å². The second-order valence-corrected chi connectivity index (χ2v) is 7.28. The molecule has 2 heterocycles. The van der Waals surface area contributed by atoms with Crippen LogP contribution < -0.4 is 5.32 Å². The van der Waals surface area contributed by atoms with Gasteiger partial charge in [0.25, 0.3) is 0 Å². The topological polar surface area (TPSA) is 45.2 Å². The highest BCUT2D eigenvalue weighted by Gasteiger charge is 2.24. The van der Waals surface area contributed by atoms with Gasteiger partial charge >= 0.3 is 0 Å². The number of amides is 1. The molecule has 4 nitrogen and oxygen atoms in total. The number of likely N-dealkylation sites (N-methyl/N-ethyl adjacent to an activating group) is 1. The van der Waals surface area contributed by atoms with Gasteiger partial charge in [0.05, 0.1) is 16.7 Å². The van der Waals surface area contributed by atoms with E-state index in [1.165, 1.54) is 29.1 Å². The fraction of sp³-hybridized carbons (Fsp3) is 0.750. The molecule has 21 heavy (non-hydrogen) atoms. The van der Waals surface area contributed by atoms with Crippen molar-refractivity contribution in [1.29, 1.82) is 0 Å². The van der Waals surface area contributed by atoms with Crippen LogP contribution in [0, 0.1) is 13.8 Å². The van der Waals surface area contributed by atoms with E-state index >= 15 is 0 Å². The van der Waals surface area contributed by atoms with Gasteiger partial charge in [-0.1, -0.05) is 12.8 Å². The smallest absolute Gasteiger partial charge is 0.237 e. The van der Waals surface area contributed by atoms with Crippen molar-refractivity contribution in [2.45, 2.75) is 58.4 Å². The molecule has 0 aromatic carbocycles. The summed E-state index contributed by atoms with van der Waals surface area (Å²) in [5, 5.41) is 4.28. The third-order valence-corrected chi connectivity index (χ3v) is 5.40. The number of nitrogens with zero attached hydrogens (tertiary/aromatic N) is 2. The maximum Gasteiger partial charge on any atom is 0.237 e. The van der Waals surface area contributed by atoms with Crippen LogP contribution in [-0.4, -0.2) is 42.0 Å². The second kappa shape index (κ2) is 7.90. The Bertz CT molecular complexity index is 453. The lowest BCUT2D eigenvalue weighted by Crippen LogP contribution is -2.45. The van der Waals surface area contributed by atoms with Crippen LogP contribution >= 0.6 is 11.3 Å². The minimum absolute atomic E-state index is 0.0665. The fourth-order valence-corrected chi connectivity index (χ4v) is 3.77. The maximum absolute atomic E-state index is 12.3. The summed E-state index contributed by atoms with van der Waals surface area (Å²) in [6.45, 7) is 5.95. The zero-order valence-corrected chi connectivity index (χ0v) is 14.3. The molecular weight excluding hydrogens is 282 g/mol. The van der Waals surface area contributed by atoms with Gasteiger partial charge in [-0.3, -0.25) is 9.69 Å². The molecule has 1 fully saturated rings. The molecule has 0 bridgehead atoms. The highest BCUT2D eigenvalue weighted by atomic mass is 32.1. The van der Waals surface area contributed by atoms with Crippen LogP contribution in [0.3, 0.4) is 0 Å². The van der Waals surface area contributed by atoms with E-state index in [0.29, 0.717) is 0 Å². The Balaban J connectivity index is 1.71. The van der Waals surface area contributed by atoms with E-state index in [1.807, 2.05) is 0 Å². The largest absolute Gasteiger partial charge is 0.355 e. The van der Waals surface area contributed by atoms with E-state index in [9.17, 15) is 4.79 Å². The predicted molar refractivity (Wildman–Crippen MR) is 87.8 cm³/mol. The number of hydrogen-bond acceptors (Lipinski definition) is 4. The summed E-state index contributed by atoms with van der Waals surface area (Å²) < 4.78 is 0. The van der Waals surface area contributed by atoms with Crippen molar-refractivity contribution in [3.8, 4) is 0 Å². The first-order chi connectivity index (χ1) is 10.1. The highest BCUT2D eigenvalue weighted by molar-refractivity contribution is 7.11. The normalized spacial score (nSPS) is 20.2. The van der Waals surface area contributed by atoms with Crippen molar-refractivity contribution in [1.82, 2.24) is 15.2 Å². The lowest BCUT2D eigenvalue weighted by atomic mass is 10.1. The number of hydrogen-bond donors (Lipinski definition) is 1. The lowest BCUT2D eigenvalue weighted by molar-refractivity contribution is -0.126. The Morgan fingerprint density at radius 3 is 2.90 bits per heavy atom. The van der Waals surface area contributed by atoms with Crippen molar-refractivity contribution < 1.29 is 4.79 Å². The summed E-state index contributed by atoms with van der Waals surface area (Å²) in [6, 6.07) is 0.0665. The molecule has 1 aromatic heterocycles. The average Bonchev–Trinajstić information content (AvgIpc) is 2.64. The number of nitrogens with one attached hydrogen (secondary N) is 1. The average molecular weight is 309 g/mol. The van der Waals surface area contributed by atoms with E-state index in [4.69, 9.17) is 0 Å². The van der Waals surface area contributed by atoms with Crippen LogP contribution in [-0.2, 0) is 11.2 Å². The molecule has 1 aliphatic heterocycles. The monoisotopic (exact) mass is 309 g/mol. The summed E-state index contributed by atoms with van der Waals surface area (Å²) in [6.07, 6.45) is 6.54. The third-order valence-electron chi connectivity index (χ3n) is 4.26. The number of likely N-dealkylation sites (tertiary alicyclic amines) is 1. The molecular formula is C16H27N3OS. The number of carbonyl (C=O) groups is 1. The van der Waals surface area contributed by atoms with E-state index in [2.05, 4.69) is 36.1 Å². The van der Waals surface area contributed by atoms with Gasteiger partial charge < -0.3 is 5.32 Å². The van der Waals surface area contributed by atoms with Crippen molar-refractivity contribution in [2.75, 3.05) is 20.1 Å². The number of carbonyl (C=O) groups excluding carboxylic acids is 1. The van der Waals surface area contributed by atoms with Gasteiger partial charge in [-0.2, -0.15) is 0 Å². The van der Waals surface area contributed by atoms with Gasteiger partial charge in [-0.25, -0.2) is 4.98 Å². The Kier molecular flexibility index (Phi) is 6.18. The first kappa shape index (κ1) is 16.4. The van der Waals surface area contributed by atoms with Crippen LogP contribution in [0.4, 0.5) is 0 Å². The SMILES string of the molecule is Cc1nc(CCCNC(=O)[C@@H]2CCCCCN2C)sc1C. The van der Waals surface area contributed by atoms with Gasteiger partial charge in [0, 0.05) is 17.8 Å². The van der Waals surface area contributed by atoms with Gasteiger partial charge in [-0.15, -0.1) is 11.3 Å². The van der Waals surface area contributed by atoms with E-state index in [0.717, 1.165) is 38.0 Å². The molecule has 1 aliphatic rings. The zero-order valence-electron chi connectivity index (χ0n) is 13.4. The Morgan fingerprint density at radius 2 is 2.19 bits per heavy atom. The first-order valence-electron chi connectivity index (χ1n) is 7.99. The van der Waals surface area contributed by atoms with Crippen LogP contribution in [0.5, 0.6) is 0 Å². The van der Waals surface area contributed by atoms with Crippen molar-refractivity contribution >= 4 is 17.2 Å². The summed E-state index contributed by atoms with van der Waals surface area (Å²) >= 11 is 1.77. The molecule has 1 N–H and O–H groups in total. The Hall–Kier alpha value is -0.940.